The van der Waals surface area contributed by atoms with Crippen molar-refractivity contribution in [2.24, 2.45) is 0 Å². The second-order valence-electron chi connectivity index (χ2n) is 12.8. The molecule has 0 aliphatic rings. The van der Waals surface area contributed by atoms with Crippen LogP contribution in [0.5, 0.6) is 0 Å². The van der Waals surface area contributed by atoms with Gasteiger partial charge in [-0.05, 0) is 53.1 Å². The quantitative estimate of drug-likeness (QED) is 0.182. The molecular formula is C36H43NO2Si2. The minimum Gasteiger partial charge on any atom is -0.410 e. The van der Waals surface area contributed by atoms with Crippen molar-refractivity contribution in [3.63, 3.8) is 0 Å². The molecule has 4 aromatic rings. The van der Waals surface area contributed by atoms with E-state index < -0.39 is 34.3 Å². The van der Waals surface area contributed by atoms with Gasteiger partial charge in [-0.2, -0.15) is 5.26 Å². The maximum Gasteiger partial charge on any atom is 0.261 e. The van der Waals surface area contributed by atoms with Crippen LogP contribution in [0.4, 0.5) is 0 Å². The van der Waals surface area contributed by atoms with Crippen LogP contribution in [-0.2, 0) is 14.3 Å². The number of benzene rings is 4. The third kappa shape index (κ3) is 6.17. The van der Waals surface area contributed by atoms with Crippen LogP contribution in [0.15, 0.2) is 121 Å². The summed E-state index contributed by atoms with van der Waals surface area (Å²) in [5.74, 6) is 0. The summed E-state index contributed by atoms with van der Waals surface area (Å²) in [5.41, 5.74) is 0.748. The number of hydrogen-bond donors (Lipinski definition) is 0. The molecule has 0 N–H and O–H groups in total. The van der Waals surface area contributed by atoms with Gasteiger partial charge >= 0.3 is 0 Å². The van der Waals surface area contributed by atoms with Crippen molar-refractivity contribution < 1.29 is 8.85 Å². The number of rotatable bonds is 10. The molecule has 0 aromatic heterocycles. The fourth-order valence-electron chi connectivity index (χ4n) is 6.04. The lowest BCUT2D eigenvalue weighted by molar-refractivity contribution is 0.0261. The Morgan fingerprint density at radius 3 is 1.29 bits per heavy atom. The van der Waals surface area contributed by atoms with Crippen molar-refractivity contribution in [1.29, 1.82) is 5.26 Å². The minimum atomic E-state index is -2.92. The summed E-state index contributed by atoms with van der Waals surface area (Å²) in [6, 6.07) is 44.3. The fourth-order valence-corrected chi connectivity index (χ4v) is 11.9. The topological polar surface area (TPSA) is 42.2 Å². The van der Waals surface area contributed by atoms with Crippen molar-refractivity contribution in [2.45, 2.75) is 70.0 Å². The van der Waals surface area contributed by atoms with E-state index in [-0.39, 0.29) is 5.04 Å². The third-order valence-electron chi connectivity index (χ3n) is 7.75. The highest BCUT2D eigenvalue weighted by Gasteiger charge is 2.55. The van der Waals surface area contributed by atoms with E-state index in [4.69, 9.17) is 8.85 Å². The Hall–Kier alpha value is -3.28. The predicted molar refractivity (Wildman–Crippen MR) is 176 cm³/mol. The zero-order valence-corrected chi connectivity index (χ0v) is 27.5. The highest BCUT2D eigenvalue weighted by atomic mass is 28.4. The molecular weight excluding hydrogens is 535 g/mol. The van der Waals surface area contributed by atoms with Gasteiger partial charge in [0.2, 0.25) is 0 Å². The largest absolute Gasteiger partial charge is 0.410 e. The molecule has 0 saturated heterocycles. The van der Waals surface area contributed by atoms with Gasteiger partial charge in [-0.15, -0.1) is 0 Å². The molecule has 3 nitrogen and oxygen atoms in total. The molecule has 4 aromatic carbocycles. The molecule has 212 valence electrons. The van der Waals surface area contributed by atoms with Gasteiger partial charge in [-0.1, -0.05) is 142 Å². The Morgan fingerprint density at radius 1 is 0.610 bits per heavy atom. The van der Waals surface area contributed by atoms with Crippen LogP contribution in [0.2, 0.25) is 24.7 Å². The zero-order chi connectivity index (χ0) is 29.7. The molecule has 4 rings (SSSR count). The van der Waals surface area contributed by atoms with E-state index >= 15 is 0 Å². The second kappa shape index (κ2) is 12.3. The van der Waals surface area contributed by atoms with E-state index in [0.29, 0.717) is 0 Å². The number of nitriles is 1. The first kappa shape index (κ1) is 30.7. The highest BCUT2D eigenvalue weighted by molar-refractivity contribution is 6.99. The normalized spacial score (nSPS) is 14.2. The standard InChI is InChI=1S/C36H43NO2Si2/c1-29(38-41(35(2,3)4,32-24-16-10-17-25-32)33-26-18-11-19-27-33)34(39-40(5,6)7)36(28-37,30-20-12-8-13-21-30)31-22-14-9-15-23-31/h8-27,29,34H,1-7H3/t29-,34+/m0/s1. The minimum absolute atomic E-state index is 0.206. The van der Waals surface area contributed by atoms with Gasteiger partial charge in [0.1, 0.15) is 5.41 Å². The van der Waals surface area contributed by atoms with Crippen molar-refractivity contribution in [3.05, 3.63) is 132 Å². The van der Waals surface area contributed by atoms with E-state index in [0.717, 1.165) is 11.1 Å². The maximum atomic E-state index is 11.2. The van der Waals surface area contributed by atoms with Gasteiger partial charge in [-0.3, -0.25) is 0 Å². The Balaban J connectivity index is 2.00. The molecule has 0 aliphatic heterocycles. The second-order valence-corrected chi connectivity index (χ2v) is 21.5. The monoisotopic (exact) mass is 577 g/mol. The molecule has 0 fully saturated rings. The first-order valence-electron chi connectivity index (χ1n) is 14.4. The molecule has 0 saturated carbocycles. The first-order valence-corrected chi connectivity index (χ1v) is 19.8. The molecule has 0 heterocycles. The number of nitrogens with zero attached hydrogens (tertiary/aromatic N) is 1. The van der Waals surface area contributed by atoms with Crippen molar-refractivity contribution in [1.82, 2.24) is 0 Å². The Morgan fingerprint density at radius 2 is 0.976 bits per heavy atom. The SMILES string of the molecule is C[C@H](O[Si](c1ccccc1)(c1ccccc1)C(C)(C)C)[C@@H](O[Si](C)(C)C)C(C#N)(c1ccccc1)c1ccccc1. The van der Waals surface area contributed by atoms with Crippen LogP contribution in [0.25, 0.3) is 0 Å². The summed E-state index contributed by atoms with van der Waals surface area (Å²) in [6.07, 6.45) is -0.960. The van der Waals surface area contributed by atoms with Crippen LogP contribution in [-0.4, -0.2) is 28.8 Å². The summed E-state index contributed by atoms with van der Waals surface area (Å²) in [7, 11) is -5.09. The maximum absolute atomic E-state index is 11.2. The lowest BCUT2D eigenvalue weighted by atomic mass is 9.70. The molecule has 0 unspecified atom stereocenters. The van der Waals surface area contributed by atoms with E-state index in [1.165, 1.54) is 10.4 Å². The fraction of sp³-hybridized carbons (Fsp3) is 0.306. The summed E-state index contributed by atoms with van der Waals surface area (Å²) in [5, 5.41) is 13.4. The Bertz CT molecular complexity index is 1340. The van der Waals surface area contributed by atoms with Crippen LogP contribution in [0, 0.1) is 11.3 Å². The van der Waals surface area contributed by atoms with Gasteiger partial charge in [0.05, 0.1) is 18.3 Å². The lowest BCUT2D eigenvalue weighted by Gasteiger charge is -2.49. The van der Waals surface area contributed by atoms with Crippen LogP contribution >= 0.6 is 0 Å². The Labute approximate surface area is 249 Å². The molecule has 41 heavy (non-hydrogen) atoms. The molecule has 0 amide bonds. The van der Waals surface area contributed by atoms with Gasteiger partial charge in [-0.25, -0.2) is 0 Å². The summed E-state index contributed by atoms with van der Waals surface area (Å²) in [4.78, 5) is 0. The van der Waals surface area contributed by atoms with Crippen molar-refractivity contribution >= 4 is 27.0 Å². The highest BCUT2D eigenvalue weighted by Crippen LogP contribution is 2.43. The smallest absolute Gasteiger partial charge is 0.261 e. The van der Waals surface area contributed by atoms with Crippen LogP contribution in [0.1, 0.15) is 38.8 Å². The van der Waals surface area contributed by atoms with Gasteiger partial charge in [0, 0.05) is 0 Å². The average molecular weight is 578 g/mol. The van der Waals surface area contributed by atoms with E-state index in [9.17, 15) is 5.26 Å². The molecule has 0 bridgehead atoms. The van der Waals surface area contributed by atoms with Crippen molar-refractivity contribution in [3.8, 4) is 6.07 Å². The summed E-state index contributed by atoms with van der Waals surface area (Å²) >= 11 is 0. The molecule has 0 radical (unpaired) electrons. The zero-order valence-electron chi connectivity index (χ0n) is 25.5. The number of hydrogen-bond acceptors (Lipinski definition) is 3. The average Bonchev–Trinajstić information content (AvgIpc) is 2.97. The van der Waals surface area contributed by atoms with Crippen LogP contribution < -0.4 is 10.4 Å². The molecule has 5 heteroatoms. The van der Waals surface area contributed by atoms with Crippen LogP contribution in [0.3, 0.4) is 0 Å². The Kier molecular flexibility index (Phi) is 9.20. The summed E-state index contributed by atoms with van der Waals surface area (Å²) in [6.45, 7) is 15.5. The molecule has 2 atom stereocenters. The molecule has 0 aliphatic carbocycles. The lowest BCUT2D eigenvalue weighted by Crippen LogP contribution is -2.69. The van der Waals surface area contributed by atoms with E-state index in [1.807, 2.05) is 60.7 Å². The van der Waals surface area contributed by atoms with E-state index in [2.05, 4.69) is 114 Å². The van der Waals surface area contributed by atoms with E-state index in [1.54, 1.807) is 0 Å². The first-order chi connectivity index (χ1) is 19.5. The van der Waals surface area contributed by atoms with Gasteiger partial charge in [0.15, 0.2) is 8.32 Å². The third-order valence-corrected chi connectivity index (χ3v) is 13.8. The van der Waals surface area contributed by atoms with Gasteiger partial charge < -0.3 is 8.85 Å². The molecule has 0 spiro atoms. The van der Waals surface area contributed by atoms with Crippen molar-refractivity contribution in [2.75, 3.05) is 0 Å². The van der Waals surface area contributed by atoms with Gasteiger partial charge in [0.25, 0.3) is 8.32 Å². The summed E-state index contributed by atoms with van der Waals surface area (Å²) < 4.78 is 14.7. The predicted octanol–water partition coefficient (Wildman–Crippen LogP) is 7.68.